The number of nitrogens with one attached hydrogen (secondary N) is 1. The van der Waals surface area contributed by atoms with Gasteiger partial charge in [-0.1, -0.05) is 0 Å². The molecule has 0 saturated carbocycles. The van der Waals surface area contributed by atoms with E-state index in [9.17, 15) is 0 Å². The molecule has 0 amide bonds. The second kappa shape index (κ2) is 5.70. The monoisotopic (exact) mass is 196 g/mol. The van der Waals surface area contributed by atoms with Crippen LogP contribution in [0, 0.1) is 6.92 Å². The topological polar surface area (TPSA) is 28.4 Å². The molecule has 0 radical (unpaired) electrons. The van der Waals surface area contributed by atoms with Gasteiger partial charge in [-0.05, 0) is 39.4 Å². The number of nitrogens with zero attached hydrogens (tertiary/aromatic N) is 1. The maximum atomic E-state index is 5.51. The highest BCUT2D eigenvalue weighted by Gasteiger charge is 2.03. The minimum absolute atomic E-state index is 0.965. The lowest BCUT2D eigenvalue weighted by Crippen LogP contribution is -2.19. The molecule has 1 aromatic rings. The summed E-state index contributed by atoms with van der Waals surface area (Å²) in [5.74, 6) is 1.94. The van der Waals surface area contributed by atoms with E-state index in [4.69, 9.17) is 4.42 Å². The van der Waals surface area contributed by atoms with Crippen LogP contribution in [-0.2, 0) is 0 Å². The summed E-state index contributed by atoms with van der Waals surface area (Å²) in [5, 5.41) is 3.14. The van der Waals surface area contributed by atoms with E-state index >= 15 is 0 Å². The van der Waals surface area contributed by atoms with Crippen molar-refractivity contribution in [3.63, 3.8) is 0 Å². The van der Waals surface area contributed by atoms with Gasteiger partial charge in [0.15, 0.2) is 5.88 Å². The van der Waals surface area contributed by atoms with Crippen LogP contribution in [-0.4, -0.2) is 27.2 Å². The third-order valence-electron chi connectivity index (χ3n) is 2.27. The average Bonchev–Trinajstić information content (AvgIpc) is 2.59. The maximum absolute atomic E-state index is 5.51. The normalized spacial score (nSPS) is 10.5. The van der Waals surface area contributed by atoms with Crippen LogP contribution in [0.15, 0.2) is 16.5 Å². The van der Waals surface area contributed by atoms with Crippen LogP contribution in [0.25, 0.3) is 0 Å². The van der Waals surface area contributed by atoms with E-state index in [1.807, 2.05) is 26.1 Å². The minimum atomic E-state index is 0.965. The predicted octanol–water partition coefficient (Wildman–Crippen LogP) is 2.02. The van der Waals surface area contributed by atoms with E-state index in [-0.39, 0.29) is 0 Å². The molecular formula is C11H20N2O. The molecule has 1 rings (SSSR count). The van der Waals surface area contributed by atoms with Gasteiger partial charge in [0, 0.05) is 19.7 Å². The molecule has 0 spiro atoms. The highest BCUT2D eigenvalue weighted by atomic mass is 16.4. The standard InChI is InChI=1S/C11H20N2O/c1-10-6-7-11(14-10)13(3)9-5-4-8-12-2/h6-7,12H,4-5,8-9H2,1-3H3. The van der Waals surface area contributed by atoms with Gasteiger partial charge >= 0.3 is 0 Å². The van der Waals surface area contributed by atoms with Crippen LogP contribution in [0.3, 0.4) is 0 Å². The van der Waals surface area contributed by atoms with Gasteiger partial charge in [0.2, 0.25) is 0 Å². The molecule has 3 heteroatoms. The van der Waals surface area contributed by atoms with Crippen LogP contribution >= 0.6 is 0 Å². The molecule has 0 saturated heterocycles. The van der Waals surface area contributed by atoms with Crippen molar-refractivity contribution in [3.8, 4) is 0 Å². The minimum Gasteiger partial charge on any atom is -0.446 e. The third-order valence-corrected chi connectivity index (χ3v) is 2.27. The van der Waals surface area contributed by atoms with Crippen LogP contribution in [0.2, 0.25) is 0 Å². The number of rotatable bonds is 6. The van der Waals surface area contributed by atoms with Crippen molar-refractivity contribution in [2.75, 3.05) is 32.1 Å². The molecule has 3 nitrogen and oxygen atoms in total. The molecule has 1 N–H and O–H groups in total. The van der Waals surface area contributed by atoms with Crippen LogP contribution in [0.1, 0.15) is 18.6 Å². The van der Waals surface area contributed by atoms with Crippen molar-refractivity contribution in [2.45, 2.75) is 19.8 Å². The molecule has 0 aliphatic carbocycles. The van der Waals surface area contributed by atoms with Gasteiger partial charge in [-0.15, -0.1) is 0 Å². The van der Waals surface area contributed by atoms with Gasteiger partial charge in [-0.2, -0.15) is 0 Å². The summed E-state index contributed by atoms with van der Waals surface area (Å²) in [6.07, 6.45) is 2.40. The van der Waals surface area contributed by atoms with Crippen LogP contribution in [0.4, 0.5) is 5.88 Å². The molecule has 0 aliphatic rings. The molecule has 0 unspecified atom stereocenters. The van der Waals surface area contributed by atoms with Gasteiger partial charge in [0.1, 0.15) is 5.76 Å². The van der Waals surface area contributed by atoms with E-state index in [0.29, 0.717) is 0 Å². The maximum Gasteiger partial charge on any atom is 0.195 e. The van der Waals surface area contributed by atoms with Crippen molar-refractivity contribution in [3.05, 3.63) is 17.9 Å². The fourth-order valence-corrected chi connectivity index (χ4v) is 1.39. The number of unbranched alkanes of at least 4 members (excludes halogenated alkanes) is 1. The van der Waals surface area contributed by atoms with Gasteiger partial charge in [0.05, 0.1) is 0 Å². The van der Waals surface area contributed by atoms with E-state index in [2.05, 4.69) is 17.3 Å². The Morgan fingerprint density at radius 2 is 2.14 bits per heavy atom. The van der Waals surface area contributed by atoms with Gasteiger partial charge in [-0.3, -0.25) is 0 Å². The first-order valence-electron chi connectivity index (χ1n) is 5.16. The second-order valence-electron chi connectivity index (χ2n) is 3.62. The molecule has 0 bridgehead atoms. The van der Waals surface area contributed by atoms with E-state index in [1.165, 1.54) is 12.8 Å². The number of hydrogen-bond donors (Lipinski definition) is 1. The lowest BCUT2D eigenvalue weighted by atomic mass is 10.3. The summed E-state index contributed by atoms with van der Waals surface area (Å²) < 4.78 is 5.51. The molecule has 1 aromatic heterocycles. The van der Waals surface area contributed by atoms with E-state index < -0.39 is 0 Å². The fraction of sp³-hybridized carbons (Fsp3) is 0.636. The Balaban J connectivity index is 2.25. The van der Waals surface area contributed by atoms with Crippen molar-refractivity contribution < 1.29 is 4.42 Å². The summed E-state index contributed by atoms with van der Waals surface area (Å²) >= 11 is 0. The van der Waals surface area contributed by atoms with Gasteiger partial charge in [-0.25, -0.2) is 0 Å². The Bertz CT molecular complexity index is 258. The first-order valence-corrected chi connectivity index (χ1v) is 5.16. The summed E-state index contributed by atoms with van der Waals surface area (Å²) in [5.41, 5.74) is 0. The predicted molar refractivity (Wildman–Crippen MR) is 59.9 cm³/mol. The quantitative estimate of drug-likeness (QED) is 0.706. The number of hydrogen-bond acceptors (Lipinski definition) is 3. The highest BCUT2D eigenvalue weighted by Crippen LogP contribution is 2.16. The summed E-state index contributed by atoms with van der Waals surface area (Å²) in [7, 11) is 4.05. The molecule has 14 heavy (non-hydrogen) atoms. The largest absolute Gasteiger partial charge is 0.446 e. The second-order valence-corrected chi connectivity index (χ2v) is 3.62. The first-order chi connectivity index (χ1) is 6.74. The van der Waals surface area contributed by atoms with Crippen molar-refractivity contribution in [2.24, 2.45) is 0 Å². The smallest absolute Gasteiger partial charge is 0.195 e. The average molecular weight is 196 g/mol. The molecule has 0 aromatic carbocycles. The zero-order valence-corrected chi connectivity index (χ0v) is 9.34. The van der Waals surface area contributed by atoms with Gasteiger partial charge in [0.25, 0.3) is 0 Å². The highest BCUT2D eigenvalue weighted by molar-refractivity contribution is 5.34. The molecule has 0 atom stereocenters. The SMILES string of the molecule is CNCCCCN(C)c1ccc(C)o1. The number of anilines is 1. The Labute approximate surface area is 86.1 Å². The Kier molecular flexibility index (Phi) is 4.53. The Hall–Kier alpha value is -0.960. The molecule has 0 aliphatic heterocycles. The van der Waals surface area contributed by atoms with Crippen molar-refractivity contribution >= 4 is 5.88 Å². The Morgan fingerprint density at radius 1 is 1.36 bits per heavy atom. The van der Waals surface area contributed by atoms with Crippen molar-refractivity contribution in [1.29, 1.82) is 0 Å². The fourth-order valence-electron chi connectivity index (χ4n) is 1.39. The third kappa shape index (κ3) is 3.42. The van der Waals surface area contributed by atoms with Crippen molar-refractivity contribution in [1.82, 2.24) is 5.32 Å². The zero-order valence-electron chi connectivity index (χ0n) is 9.34. The Morgan fingerprint density at radius 3 is 2.71 bits per heavy atom. The van der Waals surface area contributed by atoms with E-state index in [1.54, 1.807) is 0 Å². The zero-order chi connectivity index (χ0) is 10.4. The first kappa shape index (κ1) is 11.1. The summed E-state index contributed by atoms with van der Waals surface area (Å²) in [6.45, 7) is 4.11. The lowest BCUT2D eigenvalue weighted by Gasteiger charge is -2.15. The molecule has 1 heterocycles. The lowest BCUT2D eigenvalue weighted by molar-refractivity contribution is 0.521. The number of aryl methyl sites for hydroxylation is 1. The van der Waals surface area contributed by atoms with Crippen LogP contribution < -0.4 is 10.2 Å². The van der Waals surface area contributed by atoms with Gasteiger partial charge < -0.3 is 14.6 Å². The summed E-state index contributed by atoms with van der Waals surface area (Å²) in [4.78, 5) is 2.16. The number of furan rings is 1. The summed E-state index contributed by atoms with van der Waals surface area (Å²) in [6, 6.07) is 4.02. The molecule has 80 valence electrons. The molecule has 0 fully saturated rings. The van der Waals surface area contributed by atoms with Crippen LogP contribution in [0.5, 0.6) is 0 Å². The van der Waals surface area contributed by atoms with E-state index in [0.717, 1.165) is 24.7 Å². The molecular weight excluding hydrogens is 176 g/mol.